The molecule has 0 aliphatic carbocycles. The first-order chi connectivity index (χ1) is 12.8. The Morgan fingerprint density at radius 1 is 1.04 bits per heavy atom. The van der Waals surface area contributed by atoms with Crippen LogP contribution in [0.25, 0.3) is 5.52 Å². The zero-order valence-corrected chi connectivity index (χ0v) is 15.4. The van der Waals surface area contributed by atoms with Crippen molar-refractivity contribution in [3.8, 4) is 0 Å². The number of benzene rings is 1. The Hall–Kier alpha value is -3.12. The molecule has 27 heavy (non-hydrogen) atoms. The number of halogens is 1. The summed E-state index contributed by atoms with van der Waals surface area (Å²) in [5.74, 6) is -2.11. The molecule has 6 nitrogen and oxygen atoms in total. The van der Waals surface area contributed by atoms with E-state index in [1.54, 1.807) is 38.1 Å². The maximum atomic E-state index is 12.8. The van der Waals surface area contributed by atoms with Crippen molar-refractivity contribution < 1.29 is 24.2 Å². The molecule has 0 amide bonds. The van der Waals surface area contributed by atoms with E-state index in [1.807, 2.05) is 0 Å². The lowest BCUT2D eigenvalue weighted by Crippen LogP contribution is -2.12. The lowest BCUT2D eigenvalue weighted by atomic mass is 10.1. The van der Waals surface area contributed by atoms with Gasteiger partial charge in [0.2, 0.25) is 5.78 Å². The number of carbonyl (C=O) groups excluding carboxylic acids is 2. The number of hydrogen-bond donors (Lipinski definition) is 1. The third kappa shape index (κ3) is 3.71. The standard InChI is InChI=1S/C20H16ClNO5/c1-11(2)27-20(26)13-7-8-22-16(9-13)15(19(24)25)10-17(22)18(23)12-3-5-14(21)6-4-12/h3-11H,1-2H3,(H,24,25). The Labute approximate surface area is 159 Å². The summed E-state index contributed by atoms with van der Waals surface area (Å²) in [5.41, 5.74) is 0.916. The number of nitrogens with zero attached hydrogens (tertiary/aromatic N) is 1. The number of hydrogen-bond acceptors (Lipinski definition) is 4. The fourth-order valence-electron chi connectivity index (χ4n) is 2.70. The Bertz CT molecular complexity index is 1050. The van der Waals surface area contributed by atoms with Gasteiger partial charge in [0.15, 0.2) is 0 Å². The maximum absolute atomic E-state index is 12.8. The van der Waals surface area contributed by atoms with Crippen LogP contribution in [-0.2, 0) is 4.74 Å². The van der Waals surface area contributed by atoms with Crippen LogP contribution in [0.3, 0.4) is 0 Å². The van der Waals surface area contributed by atoms with Gasteiger partial charge in [0.25, 0.3) is 0 Å². The van der Waals surface area contributed by atoms with Gasteiger partial charge in [-0.05, 0) is 56.3 Å². The molecule has 0 fully saturated rings. The van der Waals surface area contributed by atoms with E-state index >= 15 is 0 Å². The first-order valence-corrected chi connectivity index (χ1v) is 8.55. The van der Waals surface area contributed by atoms with Gasteiger partial charge in [-0.15, -0.1) is 0 Å². The number of carboxylic acids is 1. The van der Waals surface area contributed by atoms with E-state index in [-0.39, 0.29) is 34.2 Å². The van der Waals surface area contributed by atoms with Gasteiger partial charge < -0.3 is 14.2 Å². The van der Waals surface area contributed by atoms with Gasteiger partial charge in [-0.25, -0.2) is 9.59 Å². The summed E-state index contributed by atoms with van der Waals surface area (Å²) in [6.45, 7) is 3.44. The van der Waals surface area contributed by atoms with Gasteiger partial charge in [-0.2, -0.15) is 0 Å². The number of aromatic carboxylic acids is 1. The van der Waals surface area contributed by atoms with Crippen LogP contribution in [0.15, 0.2) is 48.7 Å². The summed E-state index contributed by atoms with van der Waals surface area (Å²) in [4.78, 5) is 36.6. The van der Waals surface area contributed by atoms with Crippen molar-refractivity contribution >= 4 is 34.8 Å². The minimum atomic E-state index is -1.20. The first kappa shape index (κ1) is 18.7. The van der Waals surface area contributed by atoms with Gasteiger partial charge in [-0.1, -0.05) is 11.6 Å². The summed E-state index contributed by atoms with van der Waals surface area (Å²) in [6, 6.07) is 10.5. The third-order valence-corrected chi connectivity index (χ3v) is 4.17. The quantitative estimate of drug-likeness (QED) is 0.528. The van der Waals surface area contributed by atoms with Crippen LogP contribution in [0.1, 0.15) is 50.6 Å². The van der Waals surface area contributed by atoms with Crippen LogP contribution >= 0.6 is 11.6 Å². The number of carboxylic acid groups (broad SMARTS) is 1. The molecule has 3 rings (SSSR count). The average Bonchev–Trinajstić information content (AvgIpc) is 3.00. The molecule has 2 heterocycles. The van der Waals surface area contributed by atoms with E-state index in [0.29, 0.717) is 10.6 Å². The fourth-order valence-corrected chi connectivity index (χ4v) is 2.83. The van der Waals surface area contributed by atoms with Gasteiger partial charge >= 0.3 is 11.9 Å². The van der Waals surface area contributed by atoms with Crippen molar-refractivity contribution in [1.29, 1.82) is 0 Å². The molecular formula is C20H16ClNO5. The number of fused-ring (bicyclic) bond motifs is 1. The maximum Gasteiger partial charge on any atom is 0.338 e. The Kier molecular flexibility index (Phi) is 5.01. The molecule has 0 radical (unpaired) electrons. The Balaban J connectivity index is 2.12. The number of esters is 1. The minimum Gasteiger partial charge on any atom is -0.478 e. The summed E-state index contributed by atoms with van der Waals surface area (Å²) >= 11 is 5.85. The molecule has 0 unspecified atom stereocenters. The molecule has 138 valence electrons. The normalized spacial score (nSPS) is 11.0. The van der Waals surface area contributed by atoms with Crippen LogP contribution in [-0.4, -0.2) is 33.3 Å². The molecular weight excluding hydrogens is 370 g/mol. The van der Waals surface area contributed by atoms with Crippen LogP contribution < -0.4 is 0 Å². The number of carbonyl (C=O) groups is 3. The van der Waals surface area contributed by atoms with Crippen molar-refractivity contribution in [3.63, 3.8) is 0 Å². The second-order valence-corrected chi connectivity index (χ2v) is 6.65. The summed E-state index contributed by atoms with van der Waals surface area (Å²) < 4.78 is 6.60. The smallest absolute Gasteiger partial charge is 0.338 e. The van der Waals surface area contributed by atoms with E-state index < -0.39 is 11.9 Å². The monoisotopic (exact) mass is 385 g/mol. The van der Waals surface area contributed by atoms with Crippen LogP contribution in [0.2, 0.25) is 5.02 Å². The van der Waals surface area contributed by atoms with Gasteiger partial charge in [0.05, 0.1) is 28.4 Å². The molecule has 1 aromatic carbocycles. The molecule has 7 heteroatoms. The average molecular weight is 386 g/mol. The molecule has 0 spiro atoms. The largest absolute Gasteiger partial charge is 0.478 e. The van der Waals surface area contributed by atoms with Crippen molar-refractivity contribution in [1.82, 2.24) is 4.40 Å². The van der Waals surface area contributed by atoms with E-state index in [2.05, 4.69) is 0 Å². The van der Waals surface area contributed by atoms with Crippen LogP contribution in [0, 0.1) is 0 Å². The second kappa shape index (κ2) is 7.25. The molecule has 0 aliphatic heterocycles. The SMILES string of the molecule is CC(C)OC(=O)c1ccn2c(C(=O)c3ccc(Cl)cc3)cc(C(=O)O)c2c1. The van der Waals surface area contributed by atoms with E-state index in [1.165, 1.54) is 28.8 Å². The molecule has 0 aliphatic rings. The predicted molar refractivity (Wildman–Crippen MR) is 99.8 cm³/mol. The molecule has 3 aromatic rings. The van der Waals surface area contributed by atoms with Crippen LogP contribution in [0.5, 0.6) is 0 Å². The zero-order valence-electron chi connectivity index (χ0n) is 14.6. The van der Waals surface area contributed by atoms with Gasteiger partial charge in [-0.3, -0.25) is 4.79 Å². The van der Waals surface area contributed by atoms with Crippen molar-refractivity contribution in [2.45, 2.75) is 20.0 Å². The van der Waals surface area contributed by atoms with Crippen molar-refractivity contribution in [2.24, 2.45) is 0 Å². The molecule has 0 atom stereocenters. The van der Waals surface area contributed by atoms with E-state index in [9.17, 15) is 19.5 Å². The number of rotatable bonds is 5. The topological polar surface area (TPSA) is 85.1 Å². The minimum absolute atomic E-state index is 0.0773. The highest BCUT2D eigenvalue weighted by Crippen LogP contribution is 2.22. The Morgan fingerprint density at radius 3 is 2.30 bits per heavy atom. The first-order valence-electron chi connectivity index (χ1n) is 8.17. The molecule has 2 aromatic heterocycles. The summed E-state index contributed by atoms with van der Waals surface area (Å²) in [6.07, 6.45) is 1.18. The predicted octanol–water partition coefficient (Wildman–Crippen LogP) is 4.09. The lowest BCUT2D eigenvalue weighted by molar-refractivity contribution is 0.0377. The number of aromatic nitrogens is 1. The van der Waals surface area contributed by atoms with E-state index in [4.69, 9.17) is 16.3 Å². The van der Waals surface area contributed by atoms with Gasteiger partial charge in [0, 0.05) is 16.8 Å². The molecule has 0 bridgehead atoms. The molecule has 1 N–H and O–H groups in total. The van der Waals surface area contributed by atoms with Crippen molar-refractivity contribution in [3.05, 3.63) is 76.1 Å². The number of pyridine rings is 1. The highest BCUT2D eigenvalue weighted by molar-refractivity contribution is 6.30. The molecule has 0 saturated carbocycles. The summed E-state index contributed by atoms with van der Waals surface area (Å²) in [5, 5.41) is 9.99. The highest BCUT2D eigenvalue weighted by Gasteiger charge is 2.22. The lowest BCUT2D eigenvalue weighted by Gasteiger charge is -2.09. The number of ether oxygens (including phenoxy) is 1. The third-order valence-electron chi connectivity index (χ3n) is 3.92. The second-order valence-electron chi connectivity index (χ2n) is 6.21. The molecule has 0 saturated heterocycles. The van der Waals surface area contributed by atoms with Crippen LogP contribution in [0.4, 0.5) is 0 Å². The summed E-state index contributed by atoms with van der Waals surface area (Å²) in [7, 11) is 0. The Morgan fingerprint density at radius 2 is 1.70 bits per heavy atom. The van der Waals surface area contributed by atoms with Gasteiger partial charge in [0.1, 0.15) is 0 Å². The van der Waals surface area contributed by atoms with Crippen molar-refractivity contribution in [2.75, 3.05) is 0 Å². The van der Waals surface area contributed by atoms with E-state index in [0.717, 1.165) is 0 Å². The fraction of sp³-hybridized carbons (Fsp3) is 0.150. The highest BCUT2D eigenvalue weighted by atomic mass is 35.5. The zero-order chi connectivity index (χ0) is 19.7. The number of ketones is 1.